The Morgan fingerprint density at radius 3 is 2.69 bits per heavy atom. The molecular weight excluding hydrogens is 515 g/mol. The van der Waals surface area contributed by atoms with E-state index in [1.165, 1.54) is 18.2 Å². The van der Waals surface area contributed by atoms with Crippen molar-refractivity contribution < 1.29 is 26.8 Å². The van der Waals surface area contributed by atoms with E-state index < -0.39 is 27.4 Å². The van der Waals surface area contributed by atoms with Crippen molar-refractivity contribution in [2.75, 3.05) is 6.54 Å². The van der Waals surface area contributed by atoms with Crippen molar-refractivity contribution in [2.45, 2.75) is 39.2 Å². The molecule has 0 saturated carbocycles. The molecule has 0 radical (unpaired) electrons. The highest BCUT2D eigenvalue weighted by atomic mass is 79.9. The van der Waals surface area contributed by atoms with Gasteiger partial charge in [0.2, 0.25) is 5.82 Å². The van der Waals surface area contributed by atoms with Crippen LogP contribution in [0.3, 0.4) is 0 Å². The molecule has 174 valence electrons. The second kappa shape index (κ2) is 9.58. The summed E-state index contributed by atoms with van der Waals surface area (Å²) in [6, 6.07) is 3.93. The van der Waals surface area contributed by atoms with Crippen LogP contribution in [0.2, 0.25) is 0 Å². The third-order valence-electron chi connectivity index (χ3n) is 3.87. The molecule has 2 N–H and O–H groups in total. The number of nitrogens with one attached hydrogen (secondary N) is 2. The Morgan fingerprint density at radius 2 is 2.00 bits per heavy atom. The molecule has 0 fully saturated rings. The van der Waals surface area contributed by atoms with Crippen LogP contribution in [0.15, 0.2) is 36.6 Å². The van der Waals surface area contributed by atoms with Gasteiger partial charge < -0.3 is 0 Å². The van der Waals surface area contributed by atoms with E-state index in [2.05, 4.69) is 36.1 Å². The van der Waals surface area contributed by atoms with Gasteiger partial charge in [-0.3, -0.25) is 9.36 Å². The number of halogens is 2. The minimum atomic E-state index is -3.85. The predicted octanol–water partition coefficient (Wildman–Crippen LogP) is 1.86. The van der Waals surface area contributed by atoms with Crippen molar-refractivity contribution in [1.29, 1.82) is 0 Å². The molecule has 0 spiro atoms. The zero-order valence-electron chi connectivity index (χ0n) is 17.3. The zero-order chi connectivity index (χ0) is 23.5. The fourth-order valence-corrected chi connectivity index (χ4v) is 3.66. The zero-order valence-corrected chi connectivity index (χ0v) is 19.7. The third-order valence-corrected chi connectivity index (χ3v) is 5.37. The minimum Gasteiger partial charge on any atom is -0.295 e. The fourth-order valence-electron chi connectivity index (χ4n) is 2.46. The van der Waals surface area contributed by atoms with Crippen LogP contribution >= 0.6 is 15.9 Å². The van der Waals surface area contributed by atoms with Gasteiger partial charge in [0.1, 0.15) is 11.5 Å². The lowest BCUT2D eigenvalue weighted by Gasteiger charge is -2.19. The first-order valence-electron chi connectivity index (χ1n) is 9.27. The molecule has 0 unspecified atom stereocenters. The lowest BCUT2D eigenvalue weighted by atomic mass is 10.2. The molecule has 12 nitrogen and oxygen atoms in total. The SMILES string of the molecule is CC(C)(C)ONS(=O)(=O)NCCCc1nonc1-c1noc(=O)n1-c1ccc(F)c(Br)c1. The summed E-state index contributed by atoms with van der Waals surface area (Å²) >= 11 is 3.07. The Hall–Kier alpha value is -2.46. The van der Waals surface area contributed by atoms with Crippen LogP contribution < -0.4 is 15.4 Å². The van der Waals surface area contributed by atoms with Crippen molar-refractivity contribution in [1.82, 2.24) is 29.6 Å². The maximum Gasteiger partial charge on any atom is 0.446 e. The number of aromatic nitrogens is 4. The number of hydrogen-bond acceptors (Lipinski definition) is 9. The third kappa shape index (κ3) is 6.07. The number of benzene rings is 1. The maximum absolute atomic E-state index is 13.6. The summed E-state index contributed by atoms with van der Waals surface area (Å²) in [6.45, 7) is 5.15. The highest BCUT2D eigenvalue weighted by Gasteiger charge is 2.23. The Labute approximate surface area is 190 Å². The van der Waals surface area contributed by atoms with Gasteiger partial charge in [0.25, 0.3) is 10.2 Å². The van der Waals surface area contributed by atoms with Gasteiger partial charge in [-0.25, -0.2) is 23.1 Å². The molecule has 2 aromatic heterocycles. The topological polar surface area (TPSA) is 154 Å². The summed E-state index contributed by atoms with van der Waals surface area (Å²) < 4.78 is 50.5. The molecule has 0 aliphatic carbocycles. The fraction of sp³-hybridized carbons (Fsp3) is 0.412. The molecule has 0 aliphatic rings. The highest BCUT2D eigenvalue weighted by molar-refractivity contribution is 9.10. The average Bonchev–Trinajstić information content (AvgIpc) is 3.32. The molecular formula is C17H20BrFN6O6S. The van der Waals surface area contributed by atoms with Gasteiger partial charge in [-0.2, -0.15) is 8.42 Å². The molecule has 32 heavy (non-hydrogen) atoms. The van der Waals surface area contributed by atoms with Gasteiger partial charge in [0.05, 0.1) is 15.8 Å². The molecule has 15 heteroatoms. The Kier molecular flexibility index (Phi) is 7.24. The van der Waals surface area contributed by atoms with E-state index in [0.29, 0.717) is 12.1 Å². The van der Waals surface area contributed by atoms with Crippen LogP contribution in [0, 0.1) is 5.82 Å². The van der Waals surface area contributed by atoms with Gasteiger partial charge in [0, 0.05) is 6.54 Å². The van der Waals surface area contributed by atoms with Crippen LogP contribution in [0.5, 0.6) is 0 Å². The molecule has 0 aliphatic heterocycles. The van der Waals surface area contributed by atoms with E-state index in [-0.39, 0.29) is 34.6 Å². The maximum atomic E-state index is 13.6. The summed E-state index contributed by atoms with van der Waals surface area (Å²) in [6.07, 6.45) is 0.567. The molecule has 0 amide bonds. The van der Waals surface area contributed by atoms with Gasteiger partial charge in [0.15, 0.2) is 5.69 Å². The quantitative estimate of drug-likeness (QED) is 0.309. The van der Waals surface area contributed by atoms with Gasteiger partial charge >= 0.3 is 5.76 Å². The molecule has 3 rings (SSSR count). The van der Waals surface area contributed by atoms with E-state index >= 15 is 0 Å². The van der Waals surface area contributed by atoms with E-state index in [4.69, 9.17) is 14.0 Å². The van der Waals surface area contributed by atoms with Crippen LogP contribution in [-0.4, -0.2) is 40.6 Å². The smallest absolute Gasteiger partial charge is 0.295 e. The van der Waals surface area contributed by atoms with E-state index in [1.54, 1.807) is 20.8 Å². The lowest BCUT2D eigenvalue weighted by molar-refractivity contribution is -0.0362. The van der Waals surface area contributed by atoms with Crippen molar-refractivity contribution >= 4 is 26.1 Å². The Balaban J connectivity index is 1.71. The first kappa shape index (κ1) is 24.2. The van der Waals surface area contributed by atoms with Crippen molar-refractivity contribution in [3.05, 3.63) is 44.7 Å². The van der Waals surface area contributed by atoms with Crippen molar-refractivity contribution in [2.24, 2.45) is 0 Å². The van der Waals surface area contributed by atoms with E-state index in [1.807, 2.05) is 4.89 Å². The Morgan fingerprint density at radius 1 is 1.25 bits per heavy atom. The van der Waals surface area contributed by atoms with Crippen LogP contribution in [0.1, 0.15) is 32.9 Å². The summed E-state index contributed by atoms with van der Waals surface area (Å²) in [5.41, 5.74) is 0.0506. The largest absolute Gasteiger partial charge is 0.446 e. The number of hydrogen-bond donors (Lipinski definition) is 2. The second-order valence-electron chi connectivity index (χ2n) is 7.56. The number of aryl methyl sites for hydroxylation is 1. The highest BCUT2D eigenvalue weighted by Crippen LogP contribution is 2.24. The molecule has 1 aromatic carbocycles. The normalized spacial score (nSPS) is 12.4. The van der Waals surface area contributed by atoms with Crippen molar-refractivity contribution in [3.63, 3.8) is 0 Å². The summed E-state index contributed by atoms with van der Waals surface area (Å²) in [5.74, 6) is -1.32. The van der Waals surface area contributed by atoms with Gasteiger partial charge in [-0.1, -0.05) is 15.2 Å². The molecule has 0 saturated heterocycles. The minimum absolute atomic E-state index is 0.00517. The van der Waals surface area contributed by atoms with Crippen LogP contribution in [0.4, 0.5) is 4.39 Å². The standard InChI is InChI=1S/C17H20BrFN6O6S/c1-17(2,3)30-24-32(27,28)20-8-4-5-13-14(22-31-21-13)15-23-29-16(26)25(15)10-6-7-12(19)11(18)9-10/h6-7,9,20,24H,4-5,8H2,1-3H3. The summed E-state index contributed by atoms with van der Waals surface area (Å²) in [5, 5.41) is 11.3. The van der Waals surface area contributed by atoms with E-state index in [9.17, 15) is 17.6 Å². The van der Waals surface area contributed by atoms with Gasteiger partial charge in [-0.05, 0) is 72.9 Å². The van der Waals surface area contributed by atoms with Crippen molar-refractivity contribution in [3.8, 4) is 17.2 Å². The summed E-state index contributed by atoms with van der Waals surface area (Å²) in [7, 11) is -3.85. The Bertz CT molecular complexity index is 1250. The molecule has 0 bridgehead atoms. The summed E-state index contributed by atoms with van der Waals surface area (Å²) in [4.78, 5) is 19.2. The second-order valence-corrected chi connectivity index (χ2v) is 9.88. The molecule has 2 heterocycles. The number of nitrogens with zero attached hydrogens (tertiary/aromatic N) is 4. The monoisotopic (exact) mass is 534 g/mol. The first-order valence-corrected chi connectivity index (χ1v) is 11.5. The first-order chi connectivity index (χ1) is 15.0. The molecule has 0 atom stereocenters. The van der Waals surface area contributed by atoms with Crippen LogP contribution in [0.25, 0.3) is 17.2 Å². The number of rotatable bonds is 9. The van der Waals surface area contributed by atoms with Crippen LogP contribution in [-0.2, 0) is 21.5 Å². The molecule has 3 aromatic rings. The average molecular weight is 535 g/mol. The van der Waals surface area contributed by atoms with Gasteiger partial charge in [-0.15, -0.1) is 0 Å². The predicted molar refractivity (Wildman–Crippen MR) is 112 cm³/mol. The lowest BCUT2D eigenvalue weighted by Crippen LogP contribution is -2.41. The van der Waals surface area contributed by atoms with E-state index in [0.717, 1.165) is 4.57 Å².